The van der Waals surface area contributed by atoms with Gasteiger partial charge in [-0.2, -0.15) is 0 Å². The third-order valence-electron chi connectivity index (χ3n) is 2.65. The number of amides is 1. The standard InChI is InChI=1S/C12H14ClFN2O/c1-7(15-9-3-4-9)12(17)16-11-5-2-8(13)6-10(11)14/h2,5-7,9,15H,3-4H2,1H3,(H,16,17). The van der Waals surface area contributed by atoms with Gasteiger partial charge in [0.2, 0.25) is 5.91 Å². The molecule has 1 aromatic carbocycles. The first-order valence-corrected chi connectivity index (χ1v) is 5.96. The van der Waals surface area contributed by atoms with E-state index < -0.39 is 5.82 Å². The van der Waals surface area contributed by atoms with Crippen molar-refractivity contribution in [3.05, 3.63) is 29.0 Å². The maximum Gasteiger partial charge on any atom is 0.241 e. The van der Waals surface area contributed by atoms with Gasteiger partial charge in [0.1, 0.15) is 5.82 Å². The van der Waals surface area contributed by atoms with Crippen molar-refractivity contribution in [2.75, 3.05) is 5.32 Å². The minimum atomic E-state index is -0.524. The summed E-state index contributed by atoms with van der Waals surface area (Å²) >= 11 is 5.63. The molecule has 1 saturated carbocycles. The average Bonchev–Trinajstić information content (AvgIpc) is 3.06. The van der Waals surface area contributed by atoms with Gasteiger partial charge in [0.25, 0.3) is 0 Å². The summed E-state index contributed by atoms with van der Waals surface area (Å²) in [5.41, 5.74) is 0.156. The van der Waals surface area contributed by atoms with E-state index in [2.05, 4.69) is 10.6 Å². The molecule has 1 atom stereocenters. The van der Waals surface area contributed by atoms with E-state index >= 15 is 0 Å². The van der Waals surface area contributed by atoms with Crippen molar-refractivity contribution in [2.45, 2.75) is 31.8 Å². The molecule has 0 radical (unpaired) electrons. The lowest BCUT2D eigenvalue weighted by Crippen LogP contribution is -2.39. The van der Waals surface area contributed by atoms with Gasteiger partial charge >= 0.3 is 0 Å². The summed E-state index contributed by atoms with van der Waals surface area (Å²) in [5.74, 6) is -0.761. The molecule has 0 spiro atoms. The number of halogens is 2. The van der Waals surface area contributed by atoms with E-state index in [-0.39, 0.29) is 17.6 Å². The molecule has 1 aromatic rings. The Bertz CT molecular complexity index is 435. The van der Waals surface area contributed by atoms with Crippen molar-refractivity contribution < 1.29 is 9.18 Å². The van der Waals surface area contributed by atoms with Gasteiger partial charge in [0.05, 0.1) is 11.7 Å². The fraction of sp³-hybridized carbons (Fsp3) is 0.417. The van der Waals surface area contributed by atoms with E-state index in [4.69, 9.17) is 11.6 Å². The van der Waals surface area contributed by atoms with Crippen LogP contribution in [0.5, 0.6) is 0 Å². The van der Waals surface area contributed by atoms with Crippen molar-refractivity contribution >= 4 is 23.2 Å². The van der Waals surface area contributed by atoms with E-state index in [1.807, 2.05) is 0 Å². The lowest BCUT2D eigenvalue weighted by molar-refractivity contribution is -0.117. The van der Waals surface area contributed by atoms with E-state index in [1.54, 1.807) is 13.0 Å². The Hall–Kier alpha value is -1.13. The van der Waals surface area contributed by atoms with Gasteiger partial charge in [-0.1, -0.05) is 11.6 Å². The molecule has 2 rings (SSSR count). The normalized spacial score (nSPS) is 16.6. The summed E-state index contributed by atoms with van der Waals surface area (Å²) in [6.45, 7) is 1.77. The first-order valence-electron chi connectivity index (χ1n) is 5.58. The maximum absolute atomic E-state index is 13.4. The van der Waals surface area contributed by atoms with Crippen LogP contribution in [0, 0.1) is 5.82 Å². The number of hydrogen-bond acceptors (Lipinski definition) is 2. The Morgan fingerprint density at radius 1 is 1.53 bits per heavy atom. The summed E-state index contributed by atoms with van der Waals surface area (Å²) in [6, 6.07) is 4.29. The van der Waals surface area contributed by atoms with Gasteiger partial charge in [-0.25, -0.2) is 4.39 Å². The zero-order valence-electron chi connectivity index (χ0n) is 9.47. The second-order valence-corrected chi connectivity index (χ2v) is 4.71. The summed E-state index contributed by atoms with van der Waals surface area (Å²) in [5, 5.41) is 5.99. The third-order valence-corrected chi connectivity index (χ3v) is 2.88. The Kier molecular flexibility index (Phi) is 3.64. The van der Waals surface area contributed by atoms with E-state index in [1.165, 1.54) is 12.1 Å². The van der Waals surface area contributed by atoms with Crippen LogP contribution in [0.4, 0.5) is 10.1 Å². The van der Waals surface area contributed by atoms with Crippen LogP contribution in [0.15, 0.2) is 18.2 Å². The summed E-state index contributed by atoms with van der Waals surface area (Å²) in [4.78, 5) is 11.7. The molecule has 1 aliphatic rings. The van der Waals surface area contributed by atoms with Gasteiger partial charge in [-0.05, 0) is 38.0 Å². The molecular formula is C12H14ClFN2O. The minimum absolute atomic E-state index is 0.156. The predicted octanol–water partition coefficient (Wildman–Crippen LogP) is 2.56. The van der Waals surface area contributed by atoms with E-state index in [0.717, 1.165) is 12.8 Å². The SMILES string of the molecule is CC(NC1CC1)C(=O)Nc1ccc(Cl)cc1F. The van der Waals surface area contributed by atoms with Gasteiger partial charge in [-0.15, -0.1) is 0 Å². The van der Waals surface area contributed by atoms with Gasteiger partial charge in [-0.3, -0.25) is 4.79 Å². The molecule has 1 aliphatic carbocycles. The quantitative estimate of drug-likeness (QED) is 0.869. The topological polar surface area (TPSA) is 41.1 Å². The fourth-order valence-electron chi connectivity index (χ4n) is 1.51. The van der Waals surface area contributed by atoms with Crippen molar-refractivity contribution in [2.24, 2.45) is 0 Å². The molecule has 1 amide bonds. The summed E-state index contributed by atoms with van der Waals surface area (Å²) < 4.78 is 13.4. The molecule has 1 unspecified atom stereocenters. The summed E-state index contributed by atoms with van der Waals surface area (Å²) in [7, 11) is 0. The molecule has 0 aromatic heterocycles. The Morgan fingerprint density at radius 3 is 2.82 bits per heavy atom. The monoisotopic (exact) mass is 256 g/mol. The lowest BCUT2D eigenvalue weighted by Gasteiger charge is -2.13. The number of rotatable bonds is 4. The minimum Gasteiger partial charge on any atom is -0.322 e. The molecule has 0 saturated heterocycles. The van der Waals surface area contributed by atoms with Crippen LogP contribution in [-0.2, 0) is 4.79 Å². The van der Waals surface area contributed by atoms with Crippen LogP contribution >= 0.6 is 11.6 Å². The highest BCUT2D eigenvalue weighted by atomic mass is 35.5. The number of hydrogen-bond donors (Lipinski definition) is 2. The van der Waals surface area contributed by atoms with Crippen LogP contribution in [0.25, 0.3) is 0 Å². The second kappa shape index (κ2) is 5.02. The first-order chi connectivity index (χ1) is 8.06. The maximum atomic E-state index is 13.4. The summed E-state index contributed by atoms with van der Waals surface area (Å²) in [6.07, 6.45) is 2.21. The molecule has 92 valence electrons. The molecule has 3 nitrogen and oxygen atoms in total. The second-order valence-electron chi connectivity index (χ2n) is 4.28. The smallest absolute Gasteiger partial charge is 0.241 e. The molecule has 0 bridgehead atoms. The van der Waals surface area contributed by atoms with E-state index in [9.17, 15) is 9.18 Å². The zero-order chi connectivity index (χ0) is 12.4. The molecular weight excluding hydrogens is 243 g/mol. The highest BCUT2D eigenvalue weighted by Crippen LogP contribution is 2.21. The van der Waals surface area contributed by atoms with Gasteiger partial charge < -0.3 is 10.6 Å². The van der Waals surface area contributed by atoms with Crippen molar-refractivity contribution in [1.29, 1.82) is 0 Å². The lowest BCUT2D eigenvalue weighted by atomic mass is 10.2. The van der Waals surface area contributed by atoms with Crippen LogP contribution in [0.1, 0.15) is 19.8 Å². The highest BCUT2D eigenvalue weighted by Gasteiger charge is 2.25. The Labute approximate surface area is 104 Å². The van der Waals surface area contributed by atoms with Gasteiger partial charge in [0.15, 0.2) is 0 Å². The van der Waals surface area contributed by atoms with Crippen molar-refractivity contribution in [1.82, 2.24) is 5.32 Å². The molecule has 2 N–H and O–H groups in total. The van der Waals surface area contributed by atoms with Crippen LogP contribution in [0.3, 0.4) is 0 Å². The number of carbonyl (C=O) groups is 1. The number of anilines is 1. The van der Waals surface area contributed by atoms with Crippen molar-refractivity contribution in [3.63, 3.8) is 0 Å². The number of nitrogens with one attached hydrogen (secondary N) is 2. The average molecular weight is 257 g/mol. The molecule has 0 aliphatic heterocycles. The largest absolute Gasteiger partial charge is 0.322 e. The van der Waals surface area contributed by atoms with Crippen molar-refractivity contribution in [3.8, 4) is 0 Å². The van der Waals surface area contributed by atoms with Crippen LogP contribution in [0.2, 0.25) is 5.02 Å². The zero-order valence-corrected chi connectivity index (χ0v) is 10.2. The first kappa shape index (κ1) is 12.3. The molecule has 0 heterocycles. The number of carbonyl (C=O) groups excluding carboxylic acids is 1. The Morgan fingerprint density at radius 2 is 2.24 bits per heavy atom. The molecule has 17 heavy (non-hydrogen) atoms. The van der Waals surface area contributed by atoms with Crippen LogP contribution < -0.4 is 10.6 Å². The Balaban J connectivity index is 1.96. The number of benzene rings is 1. The predicted molar refractivity (Wildman–Crippen MR) is 65.7 cm³/mol. The molecule has 1 fully saturated rings. The van der Waals surface area contributed by atoms with Crippen LogP contribution in [-0.4, -0.2) is 18.0 Å². The van der Waals surface area contributed by atoms with Gasteiger partial charge in [0, 0.05) is 11.1 Å². The fourth-order valence-corrected chi connectivity index (χ4v) is 1.67. The van der Waals surface area contributed by atoms with E-state index in [0.29, 0.717) is 11.1 Å². The highest BCUT2D eigenvalue weighted by molar-refractivity contribution is 6.30. The third kappa shape index (κ3) is 3.41. The molecule has 5 heteroatoms.